The van der Waals surface area contributed by atoms with Crippen LogP contribution in [0.5, 0.6) is 0 Å². The van der Waals surface area contributed by atoms with Crippen molar-refractivity contribution >= 4 is 18.0 Å². The summed E-state index contributed by atoms with van der Waals surface area (Å²) in [6.45, 7) is 1.70. The van der Waals surface area contributed by atoms with Crippen LogP contribution in [0.15, 0.2) is 91.0 Å². The highest BCUT2D eigenvalue weighted by molar-refractivity contribution is 6.00. The molecule has 33 heavy (non-hydrogen) atoms. The molecule has 0 saturated carbocycles. The van der Waals surface area contributed by atoms with Crippen molar-refractivity contribution in [3.05, 3.63) is 108 Å². The normalized spacial score (nSPS) is 17.8. The van der Waals surface area contributed by atoms with Crippen molar-refractivity contribution < 1.29 is 23.9 Å². The van der Waals surface area contributed by atoms with Crippen LogP contribution in [0.4, 0.5) is 4.79 Å². The van der Waals surface area contributed by atoms with Crippen molar-refractivity contribution in [2.24, 2.45) is 5.92 Å². The molecule has 6 heteroatoms. The van der Waals surface area contributed by atoms with E-state index in [0.717, 1.165) is 21.6 Å². The molecule has 1 saturated heterocycles. The van der Waals surface area contributed by atoms with E-state index < -0.39 is 36.0 Å². The molecule has 4 rings (SSSR count). The molecule has 0 N–H and O–H groups in total. The number of esters is 1. The van der Waals surface area contributed by atoms with Gasteiger partial charge in [-0.25, -0.2) is 14.5 Å². The number of hydrogen-bond donors (Lipinski definition) is 0. The molecule has 168 valence electrons. The quantitative estimate of drug-likeness (QED) is 0.507. The number of nitrogens with zero attached hydrogens (tertiary/aromatic N) is 1. The third-order valence-corrected chi connectivity index (χ3v) is 5.66. The summed E-state index contributed by atoms with van der Waals surface area (Å²) >= 11 is 0. The lowest BCUT2D eigenvalue weighted by molar-refractivity contribution is -0.154. The molecular weight excluding hydrogens is 418 g/mol. The minimum Gasteiger partial charge on any atom is -0.451 e. The van der Waals surface area contributed by atoms with E-state index in [1.807, 2.05) is 91.0 Å². The Kier molecular flexibility index (Phi) is 6.83. The van der Waals surface area contributed by atoms with E-state index in [1.165, 1.54) is 0 Å². The van der Waals surface area contributed by atoms with E-state index >= 15 is 0 Å². The van der Waals surface area contributed by atoms with Gasteiger partial charge in [0.05, 0.1) is 0 Å². The second kappa shape index (κ2) is 10.1. The highest BCUT2D eigenvalue weighted by Gasteiger charge is 2.47. The zero-order valence-electron chi connectivity index (χ0n) is 18.3. The minimum atomic E-state index is -1.04. The summed E-state index contributed by atoms with van der Waals surface area (Å²) in [6.07, 6.45) is -1.31. The molecule has 0 aliphatic carbocycles. The van der Waals surface area contributed by atoms with Gasteiger partial charge in [-0.15, -0.1) is 0 Å². The summed E-state index contributed by atoms with van der Waals surface area (Å²) in [6, 6.07) is 26.9. The van der Waals surface area contributed by atoms with Gasteiger partial charge in [0.1, 0.15) is 12.6 Å². The van der Waals surface area contributed by atoms with Gasteiger partial charge in [0.15, 0.2) is 6.10 Å². The second-order valence-corrected chi connectivity index (χ2v) is 8.04. The van der Waals surface area contributed by atoms with Crippen molar-refractivity contribution in [3.8, 4) is 0 Å². The molecule has 3 aromatic rings. The summed E-state index contributed by atoms with van der Waals surface area (Å²) < 4.78 is 11.2. The standard InChI is InChI=1S/C27H25NO5/c1-19-17-23(28(25(19)29)27(31)32-18-20-11-5-2-6-12-20)26(30)33-24(21-13-7-3-8-14-21)22-15-9-4-10-16-22/h2-16,19,23-24H,17-18H2,1H3/t19-,23+/m1/s1. The van der Waals surface area contributed by atoms with Gasteiger partial charge in [-0.1, -0.05) is 97.9 Å². The van der Waals surface area contributed by atoms with E-state index in [1.54, 1.807) is 6.92 Å². The molecule has 2 atom stereocenters. The Morgan fingerprint density at radius 1 is 0.879 bits per heavy atom. The summed E-state index contributed by atoms with van der Waals surface area (Å²) in [7, 11) is 0. The molecule has 0 bridgehead atoms. The van der Waals surface area contributed by atoms with Crippen molar-refractivity contribution in [3.63, 3.8) is 0 Å². The highest BCUT2D eigenvalue weighted by atomic mass is 16.6. The fourth-order valence-electron chi connectivity index (χ4n) is 3.92. The zero-order valence-corrected chi connectivity index (χ0v) is 18.3. The van der Waals surface area contributed by atoms with E-state index in [2.05, 4.69) is 0 Å². The lowest BCUT2D eigenvalue weighted by Crippen LogP contribution is -2.44. The Labute approximate surface area is 192 Å². The summed E-state index contributed by atoms with van der Waals surface area (Å²) in [5.41, 5.74) is 2.39. The van der Waals surface area contributed by atoms with Gasteiger partial charge < -0.3 is 9.47 Å². The first-order valence-electron chi connectivity index (χ1n) is 10.9. The smallest absolute Gasteiger partial charge is 0.417 e. The summed E-state index contributed by atoms with van der Waals surface area (Å²) in [4.78, 5) is 39.7. The predicted molar refractivity (Wildman–Crippen MR) is 122 cm³/mol. The number of hydrogen-bond acceptors (Lipinski definition) is 5. The maximum Gasteiger partial charge on any atom is 0.417 e. The lowest BCUT2D eigenvalue weighted by Gasteiger charge is -2.25. The molecule has 1 aliphatic rings. The molecule has 0 radical (unpaired) electrons. The molecule has 3 aromatic carbocycles. The van der Waals surface area contributed by atoms with Crippen LogP contribution in [0.1, 0.15) is 36.1 Å². The summed E-state index contributed by atoms with van der Waals surface area (Å²) in [5, 5.41) is 0. The van der Waals surface area contributed by atoms with Gasteiger partial charge in [0, 0.05) is 5.92 Å². The monoisotopic (exact) mass is 443 g/mol. The van der Waals surface area contributed by atoms with Gasteiger partial charge in [-0.05, 0) is 23.1 Å². The number of rotatable bonds is 6. The maximum absolute atomic E-state index is 13.3. The maximum atomic E-state index is 13.3. The van der Waals surface area contributed by atoms with Gasteiger partial charge in [0.2, 0.25) is 5.91 Å². The average Bonchev–Trinajstić information content (AvgIpc) is 3.17. The number of carbonyl (C=O) groups excluding carboxylic acids is 3. The van der Waals surface area contributed by atoms with E-state index in [4.69, 9.17) is 9.47 Å². The van der Waals surface area contributed by atoms with Gasteiger partial charge >= 0.3 is 12.1 Å². The van der Waals surface area contributed by atoms with Crippen LogP contribution in [0.25, 0.3) is 0 Å². The van der Waals surface area contributed by atoms with E-state index in [0.29, 0.717) is 0 Å². The number of carbonyl (C=O) groups is 3. The Morgan fingerprint density at radius 2 is 1.39 bits per heavy atom. The Hall–Kier alpha value is -3.93. The highest BCUT2D eigenvalue weighted by Crippen LogP contribution is 2.31. The topological polar surface area (TPSA) is 72.9 Å². The largest absolute Gasteiger partial charge is 0.451 e. The van der Waals surface area contributed by atoms with Crippen molar-refractivity contribution in [1.82, 2.24) is 4.90 Å². The second-order valence-electron chi connectivity index (χ2n) is 8.04. The minimum absolute atomic E-state index is 0.0102. The van der Waals surface area contributed by atoms with Crippen LogP contribution in [-0.4, -0.2) is 28.9 Å². The Morgan fingerprint density at radius 3 is 1.94 bits per heavy atom. The van der Waals surface area contributed by atoms with Crippen LogP contribution in [-0.2, 0) is 25.7 Å². The Bertz CT molecular complexity index is 1060. The van der Waals surface area contributed by atoms with E-state index in [-0.39, 0.29) is 13.0 Å². The fourth-order valence-corrected chi connectivity index (χ4v) is 3.92. The van der Waals surface area contributed by atoms with Gasteiger partial charge in [0.25, 0.3) is 0 Å². The molecule has 0 aromatic heterocycles. The van der Waals surface area contributed by atoms with Gasteiger partial charge in [-0.2, -0.15) is 0 Å². The molecular formula is C27H25NO5. The predicted octanol–water partition coefficient (Wildman–Crippen LogP) is 4.89. The molecule has 1 heterocycles. The number of benzene rings is 3. The summed E-state index contributed by atoms with van der Waals surface area (Å²) in [5.74, 6) is -1.56. The van der Waals surface area contributed by atoms with Crippen molar-refractivity contribution in [2.45, 2.75) is 32.1 Å². The first-order chi connectivity index (χ1) is 16.0. The molecule has 0 unspecified atom stereocenters. The van der Waals surface area contributed by atoms with Crippen LogP contribution < -0.4 is 0 Å². The number of ether oxygens (including phenoxy) is 2. The number of imide groups is 1. The lowest BCUT2D eigenvalue weighted by atomic mass is 10.0. The van der Waals surface area contributed by atoms with Crippen LogP contribution in [0, 0.1) is 5.92 Å². The molecule has 6 nitrogen and oxygen atoms in total. The van der Waals surface area contributed by atoms with Crippen LogP contribution in [0.3, 0.4) is 0 Å². The number of likely N-dealkylation sites (tertiary alicyclic amines) is 1. The first kappa shape index (κ1) is 22.3. The van der Waals surface area contributed by atoms with E-state index in [9.17, 15) is 14.4 Å². The van der Waals surface area contributed by atoms with Gasteiger partial charge in [-0.3, -0.25) is 4.79 Å². The molecule has 1 aliphatic heterocycles. The van der Waals surface area contributed by atoms with Crippen molar-refractivity contribution in [2.75, 3.05) is 0 Å². The third kappa shape index (κ3) is 5.12. The Balaban J connectivity index is 1.53. The number of amides is 2. The average molecular weight is 443 g/mol. The molecule has 0 spiro atoms. The molecule has 1 fully saturated rings. The third-order valence-electron chi connectivity index (χ3n) is 5.66. The first-order valence-corrected chi connectivity index (χ1v) is 10.9. The van der Waals surface area contributed by atoms with Crippen LogP contribution in [0.2, 0.25) is 0 Å². The van der Waals surface area contributed by atoms with Crippen LogP contribution >= 0.6 is 0 Å². The molecule has 2 amide bonds. The fraction of sp³-hybridized carbons (Fsp3) is 0.222. The SMILES string of the molecule is C[C@@H]1C[C@@H](C(=O)OC(c2ccccc2)c2ccccc2)N(C(=O)OCc2ccccc2)C1=O. The van der Waals surface area contributed by atoms with Crippen molar-refractivity contribution in [1.29, 1.82) is 0 Å². The zero-order chi connectivity index (χ0) is 23.2.